The number of amides is 1. The number of hydrogen-bond donors (Lipinski definition) is 2. The number of carbonyl (C=O) groups is 1. The quantitative estimate of drug-likeness (QED) is 0.895. The summed E-state index contributed by atoms with van der Waals surface area (Å²) in [6, 6.07) is 0.284. The summed E-state index contributed by atoms with van der Waals surface area (Å²) in [4.78, 5) is 18.0. The molecule has 21 heavy (non-hydrogen) atoms. The highest BCUT2D eigenvalue weighted by Gasteiger charge is 2.25. The van der Waals surface area contributed by atoms with Crippen LogP contribution in [-0.2, 0) is 4.79 Å². The second kappa shape index (κ2) is 6.88. The Bertz CT molecular complexity index is 474. The minimum absolute atomic E-state index is 0.117. The molecule has 1 heterocycles. The molecular weight excluding hydrogens is 282 g/mol. The second-order valence-corrected chi connectivity index (χ2v) is 7.57. The monoisotopic (exact) mass is 307 g/mol. The van der Waals surface area contributed by atoms with E-state index in [-0.39, 0.29) is 17.9 Å². The standard InChI is InChI=1S/C16H25N3OS/c17-13-8-6-12(7-9-13)15(20)19-16-18-10-14(21-16)11-4-2-1-3-5-11/h10-13H,1-9,17H2,(H,18,19,20). The van der Waals surface area contributed by atoms with Gasteiger partial charge in [-0.15, -0.1) is 11.3 Å². The van der Waals surface area contributed by atoms with Crippen molar-refractivity contribution in [3.63, 3.8) is 0 Å². The molecule has 1 amide bonds. The predicted molar refractivity (Wildman–Crippen MR) is 86.5 cm³/mol. The molecule has 0 saturated heterocycles. The number of aromatic nitrogens is 1. The van der Waals surface area contributed by atoms with Gasteiger partial charge < -0.3 is 11.1 Å². The highest BCUT2D eigenvalue weighted by Crippen LogP contribution is 2.36. The third-order valence-electron chi connectivity index (χ3n) is 4.90. The predicted octanol–water partition coefficient (Wildman–Crippen LogP) is 3.65. The molecule has 0 unspecified atom stereocenters. The average molecular weight is 307 g/mol. The molecule has 0 spiro atoms. The van der Waals surface area contributed by atoms with Crippen molar-refractivity contribution < 1.29 is 4.79 Å². The number of hydrogen-bond acceptors (Lipinski definition) is 4. The van der Waals surface area contributed by atoms with Gasteiger partial charge in [-0.05, 0) is 44.4 Å². The lowest BCUT2D eigenvalue weighted by molar-refractivity contribution is -0.120. The first-order chi connectivity index (χ1) is 10.2. The van der Waals surface area contributed by atoms with Crippen LogP contribution in [0.25, 0.3) is 0 Å². The largest absolute Gasteiger partial charge is 0.328 e. The number of anilines is 1. The molecule has 3 rings (SSSR count). The van der Waals surface area contributed by atoms with Gasteiger partial charge in [0.05, 0.1) is 0 Å². The molecule has 0 bridgehead atoms. The molecule has 1 aromatic heterocycles. The van der Waals surface area contributed by atoms with E-state index in [1.165, 1.54) is 37.0 Å². The molecule has 0 atom stereocenters. The Morgan fingerprint density at radius 3 is 2.57 bits per heavy atom. The Balaban J connectivity index is 1.55. The lowest BCUT2D eigenvalue weighted by Gasteiger charge is -2.24. The lowest BCUT2D eigenvalue weighted by Crippen LogP contribution is -2.32. The van der Waals surface area contributed by atoms with Crippen molar-refractivity contribution in [3.8, 4) is 0 Å². The fourth-order valence-corrected chi connectivity index (χ4v) is 4.50. The number of nitrogens with zero attached hydrogens (tertiary/aromatic N) is 1. The number of rotatable bonds is 3. The molecule has 2 aliphatic carbocycles. The topological polar surface area (TPSA) is 68.0 Å². The van der Waals surface area contributed by atoms with Crippen molar-refractivity contribution in [2.45, 2.75) is 69.7 Å². The first kappa shape index (κ1) is 15.0. The van der Waals surface area contributed by atoms with Gasteiger partial charge in [-0.1, -0.05) is 19.3 Å². The van der Waals surface area contributed by atoms with Gasteiger partial charge >= 0.3 is 0 Å². The Morgan fingerprint density at radius 2 is 1.86 bits per heavy atom. The van der Waals surface area contributed by atoms with Crippen LogP contribution >= 0.6 is 11.3 Å². The van der Waals surface area contributed by atoms with Gasteiger partial charge in [0.15, 0.2) is 5.13 Å². The zero-order chi connectivity index (χ0) is 14.7. The van der Waals surface area contributed by atoms with Crippen molar-refractivity contribution in [1.82, 2.24) is 4.98 Å². The summed E-state index contributed by atoms with van der Waals surface area (Å²) in [5.41, 5.74) is 5.89. The van der Waals surface area contributed by atoms with E-state index in [0.717, 1.165) is 30.8 Å². The van der Waals surface area contributed by atoms with Crippen LogP contribution in [0.3, 0.4) is 0 Å². The van der Waals surface area contributed by atoms with Crippen molar-refractivity contribution in [2.75, 3.05) is 5.32 Å². The molecule has 0 aliphatic heterocycles. The molecule has 2 fully saturated rings. The Kier molecular flexibility index (Phi) is 4.91. The number of nitrogens with two attached hydrogens (primary N) is 1. The van der Waals surface area contributed by atoms with Crippen LogP contribution in [-0.4, -0.2) is 16.9 Å². The zero-order valence-electron chi connectivity index (χ0n) is 12.5. The molecule has 3 N–H and O–H groups in total. The highest BCUT2D eigenvalue weighted by atomic mass is 32.1. The maximum atomic E-state index is 12.3. The molecule has 1 aromatic rings. The third kappa shape index (κ3) is 3.83. The normalized spacial score (nSPS) is 27.5. The van der Waals surface area contributed by atoms with Gasteiger partial charge in [-0.25, -0.2) is 4.98 Å². The van der Waals surface area contributed by atoms with Crippen LogP contribution in [0.5, 0.6) is 0 Å². The molecule has 0 aromatic carbocycles. The Labute approximate surface area is 130 Å². The van der Waals surface area contributed by atoms with E-state index in [0.29, 0.717) is 5.92 Å². The van der Waals surface area contributed by atoms with E-state index >= 15 is 0 Å². The average Bonchev–Trinajstić information content (AvgIpc) is 2.97. The van der Waals surface area contributed by atoms with Gasteiger partial charge in [0, 0.05) is 23.0 Å². The van der Waals surface area contributed by atoms with Crippen LogP contribution in [0.15, 0.2) is 6.20 Å². The molecule has 116 valence electrons. The zero-order valence-corrected chi connectivity index (χ0v) is 13.3. The summed E-state index contributed by atoms with van der Waals surface area (Å²) in [6.07, 6.45) is 12.3. The second-order valence-electron chi connectivity index (χ2n) is 6.50. The summed E-state index contributed by atoms with van der Waals surface area (Å²) in [7, 11) is 0. The van der Waals surface area contributed by atoms with Gasteiger partial charge in [0.1, 0.15) is 0 Å². The third-order valence-corrected chi connectivity index (χ3v) is 5.98. The van der Waals surface area contributed by atoms with E-state index in [2.05, 4.69) is 10.3 Å². The number of thiazole rings is 1. The molecule has 2 saturated carbocycles. The summed E-state index contributed by atoms with van der Waals surface area (Å²) in [6.45, 7) is 0. The van der Waals surface area contributed by atoms with Crippen LogP contribution in [0.2, 0.25) is 0 Å². The SMILES string of the molecule is NC1CCC(C(=O)Nc2ncc(C3CCCCC3)s2)CC1. The van der Waals surface area contributed by atoms with Crippen molar-refractivity contribution in [2.24, 2.45) is 11.7 Å². The molecular formula is C16H25N3OS. The van der Waals surface area contributed by atoms with Crippen LogP contribution in [0.4, 0.5) is 5.13 Å². The van der Waals surface area contributed by atoms with E-state index in [9.17, 15) is 4.79 Å². The van der Waals surface area contributed by atoms with Gasteiger partial charge in [-0.2, -0.15) is 0 Å². The van der Waals surface area contributed by atoms with Crippen molar-refractivity contribution in [1.29, 1.82) is 0 Å². The fraction of sp³-hybridized carbons (Fsp3) is 0.750. The minimum Gasteiger partial charge on any atom is -0.328 e. The van der Waals surface area contributed by atoms with Crippen molar-refractivity contribution in [3.05, 3.63) is 11.1 Å². The van der Waals surface area contributed by atoms with Crippen LogP contribution in [0.1, 0.15) is 68.6 Å². The number of carbonyl (C=O) groups excluding carboxylic acids is 1. The Hall–Kier alpha value is -0.940. The first-order valence-electron chi connectivity index (χ1n) is 8.24. The van der Waals surface area contributed by atoms with Gasteiger partial charge in [0.25, 0.3) is 0 Å². The van der Waals surface area contributed by atoms with Gasteiger partial charge in [0.2, 0.25) is 5.91 Å². The van der Waals surface area contributed by atoms with E-state index in [1.54, 1.807) is 11.3 Å². The Morgan fingerprint density at radius 1 is 1.14 bits per heavy atom. The highest BCUT2D eigenvalue weighted by molar-refractivity contribution is 7.15. The van der Waals surface area contributed by atoms with E-state index in [1.807, 2.05) is 6.20 Å². The lowest BCUT2D eigenvalue weighted by atomic mass is 9.86. The smallest absolute Gasteiger partial charge is 0.229 e. The van der Waals surface area contributed by atoms with Crippen molar-refractivity contribution >= 4 is 22.4 Å². The summed E-state index contributed by atoms with van der Waals surface area (Å²) in [5.74, 6) is 0.910. The van der Waals surface area contributed by atoms with Gasteiger partial charge in [-0.3, -0.25) is 4.79 Å². The fourth-order valence-electron chi connectivity index (χ4n) is 3.51. The number of nitrogens with one attached hydrogen (secondary N) is 1. The van der Waals surface area contributed by atoms with Crippen LogP contribution < -0.4 is 11.1 Å². The van der Waals surface area contributed by atoms with Crippen LogP contribution in [0, 0.1) is 5.92 Å². The van der Waals surface area contributed by atoms with E-state index < -0.39 is 0 Å². The summed E-state index contributed by atoms with van der Waals surface area (Å²) < 4.78 is 0. The van der Waals surface area contributed by atoms with E-state index in [4.69, 9.17) is 5.73 Å². The summed E-state index contributed by atoms with van der Waals surface area (Å²) in [5, 5.41) is 3.79. The molecule has 4 nitrogen and oxygen atoms in total. The maximum absolute atomic E-state index is 12.3. The summed E-state index contributed by atoms with van der Waals surface area (Å²) >= 11 is 1.66. The first-order valence-corrected chi connectivity index (χ1v) is 9.06. The molecule has 0 radical (unpaired) electrons. The molecule has 2 aliphatic rings. The maximum Gasteiger partial charge on any atom is 0.229 e. The molecule has 5 heteroatoms. The minimum atomic E-state index is 0.117.